The van der Waals surface area contributed by atoms with Gasteiger partial charge in [0, 0.05) is 25.8 Å². The van der Waals surface area contributed by atoms with Crippen molar-refractivity contribution in [1.82, 2.24) is 5.32 Å². The Balaban J connectivity index is 2.20. The second kappa shape index (κ2) is 7.84. The Bertz CT molecular complexity index is 410. The van der Waals surface area contributed by atoms with E-state index in [0.717, 1.165) is 18.4 Å². The molecule has 1 aromatic carbocycles. The van der Waals surface area contributed by atoms with Crippen molar-refractivity contribution in [3.8, 4) is 0 Å². The molecule has 0 aliphatic heterocycles. The van der Waals surface area contributed by atoms with Gasteiger partial charge in [0.15, 0.2) is 0 Å². The number of nitrogens with one attached hydrogen (secondary N) is 1. The normalized spacial score (nSPS) is 23.8. The van der Waals surface area contributed by atoms with Gasteiger partial charge < -0.3 is 10.2 Å². The third kappa shape index (κ3) is 4.00. The highest BCUT2D eigenvalue weighted by molar-refractivity contribution is 5.46. The highest BCUT2D eigenvalue weighted by atomic mass is 15.1. The van der Waals surface area contributed by atoms with Crippen LogP contribution >= 0.6 is 0 Å². The molecular formula is C19H32N2. The number of rotatable bonds is 6. The summed E-state index contributed by atoms with van der Waals surface area (Å²) in [6.07, 6.45) is 6.94. The van der Waals surface area contributed by atoms with Crippen LogP contribution in [-0.2, 0) is 0 Å². The van der Waals surface area contributed by atoms with Gasteiger partial charge in [-0.3, -0.25) is 0 Å². The summed E-state index contributed by atoms with van der Waals surface area (Å²) < 4.78 is 0. The number of nitrogens with zero attached hydrogens (tertiary/aromatic N) is 1. The second-order valence-corrected chi connectivity index (χ2v) is 6.64. The predicted octanol–water partition coefficient (Wildman–Crippen LogP) is 4.62. The first-order chi connectivity index (χ1) is 10.2. The van der Waals surface area contributed by atoms with E-state index in [4.69, 9.17) is 0 Å². The fourth-order valence-electron chi connectivity index (χ4n) is 3.90. The number of hydrogen-bond donors (Lipinski definition) is 1. The Morgan fingerprint density at radius 3 is 2.33 bits per heavy atom. The van der Waals surface area contributed by atoms with Crippen LogP contribution in [0.15, 0.2) is 24.3 Å². The van der Waals surface area contributed by atoms with E-state index in [1.807, 2.05) is 0 Å². The lowest BCUT2D eigenvalue weighted by molar-refractivity contribution is 0.177. The molecule has 1 aliphatic carbocycles. The van der Waals surface area contributed by atoms with E-state index < -0.39 is 0 Å². The third-order valence-electron chi connectivity index (χ3n) is 5.11. The fourth-order valence-corrected chi connectivity index (χ4v) is 3.90. The van der Waals surface area contributed by atoms with Gasteiger partial charge in [0.2, 0.25) is 0 Å². The molecule has 1 N–H and O–H groups in total. The van der Waals surface area contributed by atoms with Crippen LogP contribution in [0.4, 0.5) is 5.69 Å². The van der Waals surface area contributed by atoms with Crippen LogP contribution in [0, 0.1) is 11.8 Å². The van der Waals surface area contributed by atoms with Crippen molar-refractivity contribution in [2.75, 3.05) is 25.5 Å². The average molecular weight is 288 g/mol. The third-order valence-corrected chi connectivity index (χ3v) is 5.11. The molecule has 2 nitrogen and oxygen atoms in total. The van der Waals surface area contributed by atoms with Crippen LogP contribution in [-0.4, -0.2) is 20.6 Å². The molecule has 0 aromatic heterocycles. The first-order valence-corrected chi connectivity index (χ1v) is 8.68. The van der Waals surface area contributed by atoms with Crippen molar-refractivity contribution in [2.24, 2.45) is 11.8 Å². The van der Waals surface area contributed by atoms with Gasteiger partial charge in [-0.15, -0.1) is 0 Å². The van der Waals surface area contributed by atoms with E-state index in [1.165, 1.54) is 43.4 Å². The quantitative estimate of drug-likeness (QED) is 0.821. The SMILES string of the molecule is CCNC(c1ccc(N(C)C)cc1)C1CCCCC1CC. The Hall–Kier alpha value is -1.02. The van der Waals surface area contributed by atoms with Crippen LogP contribution in [0.1, 0.15) is 57.6 Å². The molecule has 3 unspecified atom stereocenters. The molecule has 118 valence electrons. The maximum atomic E-state index is 3.77. The fraction of sp³-hybridized carbons (Fsp3) is 0.684. The maximum Gasteiger partial charge on any atom is 0.0361 e. The predicted molar refractivity (Wildman–Crippen MR) is 92.9 cm³/mol. The molecule has 0 bridgehead atoms. The number of anilines is 1. The van der Waals surface area contributed by atoms with Gasteiger partial charge in [-0.25, -0.2) is 0 Å². The number of hydrogen-bond acceptors (Lipinski definition) is 2. The average Bonchev–Trinajstić information content (AvgIpc) is 2.52. The zero-order chi connectivity index (χ0) is 15.2. The summed E-state index contributed by atoms with van der Waals surface area (Å²) in [6, 6.07) is 9.68. The molecule has 1 aromatic rings. The molecule has 0 saturated heterocycles. The van der Waals surface area contributed by atoms with Gasteiger partial charge in [-0.05, 0) is 42.5 Å². The largest absolute Gasteiger partial charge is 0.378 e. The molecule has 0 amide bonds. The molecule has 1 aliphatic rings. The highest BCUT2D eigenvalue weighted by Crippen LogP contribution is 2.40. The molecule has 0 spiro atoms. The summed E-state index contributed by atoms with van der Waals surface area (Å²) in [6.45, 7) is 5.64. The van der Waals surface area contributed by atoms with E-state index in [1.54, 1.807) is 0 Å². The summed E-state index contributed by atoms with van der Waals surface area (Å²) in [5.74, 6) is 1.69. The maximum absolute atomic E-state index is 3.77. The van der Waals surface area contributed by atoms with Gasteiger partial charge in [0.1, 0.15) is 0 Å². The summed E-state index contributed by atoms with van der Waals surface area (Å²) in [4.78, 5) is 2.17. The first kappa shape index (κ1) is 16.4. The zero-order valence-electron chi connectivity index (χ0n) is 14.2. The van der Waals surface area contributed by atoms with Crippen molar-refractivity contribution < 1.29 is 0 Å². The van der Waals surface area contributed by atoms with Crippen molar-refractivity contribution in [3.63, 3.8) is 0 Å². The minimum absolute atomic E-state index is 0.525. The van der Waals surface area contributed by atoms with E-state index in [9.17, 15) is 0 Å². The van der Waals surface area contributed by atoms with E-state index >= 15 is 0 Å². The molecule has 0 heterocycles. The standard InChI is InChI=1S/C19H32N2/c1-5-15-9-7-8-10-18(15)19(20-6-2)16-11-13-17(14-12-16)21(3)4/h11-15,18-20H,5-10H2,1-4H3. The van der Waals surface area contributed by atoms with Crippen LogP contribution in [0.2, 0.25) is 0 Å². The van der Waals surface area contributed by atoms with E-state index in [-0.39, 0.29) is 0 Å². The topological polar surface area (TPSA) is 15.3 Å². The molecule has 3 atom stereocenters. The summed E-state index contributed by atoms with van der Waals surface area (Å²) in [5, 5.41) is 3.77. The molecule has 0 radical (unpaired) electrons. The minimum Gasteiger partial charge on any atom is -0.378 e. The molecule has 2 heteroatoms. The molecule has 2 rings (SSSR count). The Labute approximate surface area is 130 Å². The van der Waals surface area contributed by atoms with Crippen molar-refractivity contribution in [2.45, 2.75) is 52.0 Å². The van der Waals surface area contributed by atoms with Gasteiger partial charge in [-0.1, -0.05) is 51.7 Å². The summed E-state index contributed by atoms with van der Waals surface area (Å²) in [7, 11) is 4.20. The molecular weight excluding hydrogens is 256 g/mol. The second-order valence-electron chi connectivity index (χ2n) is 6.64. The smallest absolute Gasteiger partial charge is 0.0361 e. The minimum atomic E-state index is 0.525. The van der Waals surface area contributed by atoms with Gasteiger partial charge >= 0.3 is 0 Å². The van der Waals surface area contributed by atoms with Gasteiger partial charge in [0.05, 0.1) is 0 Å². The van der Waals surface area contributed by atoms with Crippen LogP contribution in [0.25, 0.3) is 0 Å². The van der Waals surface area contributed by atoms with Gasteiger partial charge in [0.25, 0.3) is 0 Å². The number of benzene rings is 1. The Morgan fingerprint density at radius 2 is 1.76 bits per heavy atom. The molecule has 1 saturated carbocycles. The first-order valence-electron chi connectivity index (χ1n) is 8.68. The van der Waals surface area contributed by atoms with Crippen LogP contribution in [0.5, 0.6) is 0 Å². The summed E-state index contributed by atoms with van der Waals surface area (Å²) in [5.41, 5.74) is 2.75. The lowest BCUT2D eigenvalue weighted by atomic mass is 9.72. The van der Waals surface area contributed by atoms with E-state index in [0.29, 0.717) is 6.04 Å². The van der Waals surface area contributed by atoms with Gasteiger partial charge in [-0.2, -0.15) is 0 Å². The van der Waals surface area contributed by atoms with Crippen LogP contribution in [0.3, 0.4) is 0 Å². The Kier molecular flexibility index (Phi) is 6.10. The Morgan fingerprint density at radius 1 is 1.10 bits per heavy atom. The zero-order valence-corrected chi connectivity index (χ0v) is 14.2. The van der Waals surface area contributed by atoms with Crippen molar-refractivity contribution >= 4 is 5.69 Å². The highest BCUT2D eigenvalue weighted by Gasteiger charge is 2.31. The monoisotopic (exact) mass is 288 g/mol. The van der Waals surface area contributed by atoms with E-state index in [2.05, 4.69) is 62.4 Å². The van der Waals surface area contributed by atoms with Crippen LogP contribution < -0.4 is 10.2 Å². The lowest BCUT2D eigenvalue weighted by Crippen LogP contribution is -2.34. The molecule has 1 fully saturated rings. The van der Waals surface area contributed by atoms with Crippen molar-refractivity contribution in [3.05, 3.63) is 29.8 Å². The lowest BCUT2D eigenvalue weighted by Gasteiger charge is -2.37. The summed E-state index contributed by atoms with van der Waals surface area (Å²) >= 11 is 0. The van der Waals surface area contributed by atoms with Crippen molar-refractivity contribution in [1.29, 1.82) is 0 Å². The molecule has 21 heavy (non-hydrogen) atoms.